The third kappa shape index (κ3) is 2.62. The molecule has 0 unspecified atom stereocenters. The number of carbonyl (C=O) groups is 3. The maximum atomic E-state index is 13.3. The molecule has 6 atom stereocenters. The molecule has 0 aromatic heterocycles. The standard InChI is InChI=1S/C24H19IN2O3/c25-13-4-6-14(7-5-13)26-22(28)12-2-1-3-15(10-12)27-23(29)20-16-8-9-17(19-11-18(16)19)21(20)24(27)30/h1-10,16-21H,11H2,(H,26,28)/t16-,17+,18-,19-,20+,21-/m1/s1. The lowest BCUT2D eigenvalue weighted by Gasteiger charge is -2.37. The molecule has 6 heteroatoms. The molecule has 2 bridgehead atoms. The summed E-state index contributed by atoms with van der Waals surface area (Å²) in [5.74, 6) is 0.582. The minimum Gasteiger partial charge on any atom is -0.322 e. The Kier molecular flexibility index (Phi) is 3.97. The second kappa shape index (κ2) is 6.51. The van der Waals surface area contributed by atoms with Crippen molar-refractivity contribution < 1.29 is 14.4 Å². The summed E-state index contributed by atoms with van der Waals surface area (Å²) in [6.07, 6.45) is 5.48. The molecule has 30 heavy (non-hydrogen) atoms. The number of nitrogens with one attached hydrogen (secondary N) is 1. The lowest BCUT2D eigenvalue weighted by atomic mass is 9.63. The molecular formula is C24H19IN2O3. The average Bonchev–Trinajstić information content (AvgIpc) is 3.53. The maximum Gasteiger partial charge on any atom is 0.255 e. The molecule has 1 heterocycles. The molecule has 4 aliphatic carbocycles. The van der Waals surface area contributed by atoms with Crippen LogP contribution in [0.1, 0.15) is 16.8 Å². The van der Waals surface area contributed by atoms with E-state index in [0.29, 0.717) is 28.8 Å². The molecule has 2 aromatic carbocycles. The molecule has 5 aliphatic rings. The third-order valence-corrected chi connectivity index (χ3v) is 7.85. The molecule has 2 saturated carbocycles. The number of imide groups is 1. The van der Waals surface area contributed by atoms with Crippen LogP contribution in [0.25, 0.3) is 0 Å². The van der Waals surface area contributed by atoms with Crippen LogP contribution in [0.4, 0.5) is 11.4 Å². The minimum atomic E-state index is -0.266. The van der Waals surface area contributed by atoms with E-state index in [1.807, 2.05) is 24.3 Å². The van der Waals surface area contributed by atoms with Crippen LogP contribution in [-0.4, -0.2) is 17.7 Å². The lowest BCUT2D eigenvalue weighted by Crippen LogP contribution is -2.40. The number of allylic oxidation sites excluding steroid dienone is 2. The highest BCUT2D eigenvalue weighted by molar-refractivity contribution is 14.1. The number of hydrogen-bond acceptors (Lipinski definition) is 3. The van der Waals surface area contributed by atoms with Gasteiger partial charge in [0.05, 0.1) is 17.5 Å². The van der Waals surface area contributed by atoms with Crippen molar-refractivity contribution in [2.24, 2.45) is 35.5 Å². The second-order valence-corrected chi connectivity index (χ2v) is 9.92. The molecular weight excluding hydrogens is 491 g/mol. The summed E-state index contributed by atoms with van der Waals surface area (Å²) in [4.78, 5) is 40.6. The predicted octanol–water partition coefficient (Wildman–Crippen LogP) is 4.10. The molecule has 1 aliphatic heterocycles. The van der Waals surface area contributed by atoms with E-state index in [-0.39, 0.29) is 41.4 Å². The Morgan fingerprint density at radius 2 is 1.57 bits per heavy atom. The van der Waals surface area contributed by atoms with Gasteiger partial charge in [-0.1, -0.05) is 18.2 Å². The van der Waals surface area contributed by atoms with Gasteiger partial charge in [0.1, 0.15) is 0 Å². The average molecular weight is 510 g/mol. The van der Waals surface area contributed by atoms with E-state index in [1.54, 1.807) is 24.3 Å². The van der Waals surface area contributed by atoms with Crippen LogP contribution in [0.2, 0.25) is 0 Å². The summed E-state index contributed by atoms with van der Waals surface area (Å²) in [5, 5.41) is 2.87. The number of anilines is 2. The first-order valence-corrected chi connectivity index (χ1v) is 11.3. The van der Waals surface area contributed by atoms with Crippen molar-refractivity contribution in [1.29, 1.82) is 0 Å². The van der Waals surface area contributed by atoms with Crippen LogP contribution in [0.5, 0.6) is 0 Å². The van der Waals surface area contributed by atoms with E-state index in [2.05, 4.69) is 40.1 Å². The van der Waals surface area contributed by atoms with Gasteiger partial charge in [-0.2, -0.15) is 0 Å². The van der Waals surface area contributed by atoms with Crippen molar-refractivity contribution in [3.8, 4) is 0 Å². The highest BCUT2D eigenvalue weighted by atomic mass is 127. The molecule has 5 nitrogen and oxygen atoms in total. The summed E-state index contributed by atoms with van der Waals surface area (Å²) in [6.45, 7) is 0. The Morgan fingerprint density at radius 3 is 2.20 bits per heavy atom. The summed E-state index contributed by atoms with van der Waals surface area (Å²) in [7, 11) is 0. The van der Waals surface area contributed by atoms with Gasteiger partial charge in [-0.3, -0.25) is 14.4 Å². The number of amides is 3. The quantitative estimate of drug-likeness (QED) is 0.384. The van der Waals surface area contributed by atoms with E-state index in [9.17, 15) is 14.4 Å². The Hall–Kier alpha value is -2.48. The van der Waals surface area contributed by atoms with Crippen LogP contribution < -0.4 is 10.2 Å². The monoisotopic (exact) mass is 510 g/mol. The fourth-order valence-electron chi connectivity index (χ4n) is 5.73. The Labute approximate surface area is 187 Å². The van der Waals surface area contributed by atoms with Gasteiger partial charge in [-0.25, -0.2) is 4.90 Å². The predicted molar refractivity (Wildman–Crippen MR) is 121 cm³/mol. The normalized spacial score (nSPS) is 32.8. The fraction of sp³-hybridized carbons (Fsp3) is 0.292. The Bertz CT molecular complexity index is 1090. The number of carbonyl (C=O) groups excluding carboxylic acids is 3. The molecule has 1 N–H and O–H groups in total. The molecule has 0 radical (unpaired) electrons. The fourth-order valence-corrected chi connectivity index (χ4v) is 6.09. The number of hydrogen-bond donors (Lipinski definition) is 1. The van der Waals surface area contributed by atoms with Gasteiger partial charge < -0.3 is 5.32 Å². The summed E-state index contributed by atoms with van der Waals surface area (Å²) in [6, 6.07) is 14.3. The first-order valence-electron chi connectivity index (χ1n) is 10.3. The highest BCUT2D eigenvalue weighted by Gasteiger charge is 2.67. The molecule has 0 spiro atoms. The van der Waals surface area contributed by atoms with Crippen molar-refractivity contribution >= 4 is 51.7 Å². The number of nitrogens with zero attached hydrogens (tertiary/aromatic N) is 1. The van der Waals surface area contributed by atoms with Crippen molar-refractivity contribution in [2.75, 3.05) is 10.2 Å². The van der Waals surface area contributed by atoms with Crippen LogP contribution in [-0.2, 0) is 9.59 Å². The first-order chi connectivity index (χ1) is 14.5. The van der Waals surface area contributed by atoms with E-state index >= 15 is 0 Å². The van der Waals surface area contributed by atoms with Crippen molar-refractivity contribution in [3.63, 3.8) is 0 Å². The van der Waals surface area contributed by atoms with Gasteiger partial charge in [0.25, 0.3) is 5.91 Å². The summed E-state index contributed by atoms with van der Waals surface area (Å²) >= 11 is 2.21. The van der Waals surface area contributed by atoms with Crippen molar-refractivity contribution in [3.05, 3.63) is 69.8 Å². The molecule has 1 saturated heterocycles. The van der Waals surface area contributed by atoms with Gasteiger partial charge >= 0.3 is 0 Å². The van der Waals surface area contributed by atoms with Gasteiger partial charge in [0, 0.05) is 14.8 Å². The molecule has 3 fully saturated rings. The van der Waals surface area contributed by atoms with E-state index in [1.165, 1.54) is 4.90 Å². The summed E-state index contributed by atoms with van der Waals surface area (Å²) < 4.78 is 1.08. The molecule has 150 valence electrons. The highest BCUT2D eigenvalue weighted by Crippen LogP contribution is 2.65. The number of halogens is 1. The largest absolute Gasteiger partial charge is 0.322 e. The topological polar surface area (TPSA) is 66.5 Å². The molecule has 3 amide bonds. The van der Waals surface area contributed by atoms with E-state index < -0.39 is 0 Å². The number of benzene rings is 2. The zero-order chi connectivity index (χ0) is 20.6. The first kappa shape index (κ1) is 18.3. The Morgan fingerprint density at radius 1 is 0.933 bits per heavy atom. The molecule has 2 aromatic rings. The lowest BCUT2D eigenvalue weighted by molar-refractivity contribution is -0.124. The maximum absolute atomic E-state index is 13.3. The van der Waals surface area contributed by atoms with E-state index in [4.69, 9.17) is 0 Å². The smallest absolute Gasteiger partial charge is 0.255 e. The Balaban J connectivity index is 1.28. The van der Waals surface area contributed by atoms with Gasteiger partial charge in [0.2, 0.25) is 11.8 Å². The van der Waals surface area contributed by atoms with Crippen LogP contribution >= 0.6 is 22.6 Å². The van der Waals surface area contributed by atoms with Crippen LogP contribution in [0.3, 0.4) is 0 Å². The van der Waals surface area contributed by atoms with Crippen molar-refractivity contribution in [2.45, 2.75) is 6.42 Å². The van der Waals surface area contributed by atoms with Crippen LogP contribution in [0.15, 0.2) is 60.7 Å². The van der Waals surface area contributed by atoms with E-state index in [0.717, 1.165) is 9.99 Å². The molecule has 7 rings (SSSR count). The van der Waals surface area contributed by atoms with Crippen molar-refractivity contribution in [1.82, 2.24) is 0 Å². The van der Waals surface area contributed by atoms with Gasteiger partial charge in [-0.15, -0.1) is 0 Å². The third-order valence-electron chi connectivity index (χ3n) is 7.13. The SMILES string of the molecule is O=C(Nc1ccc(I)cc1)c1cccc(N2C(=O)[C@@H]3[C@H]4C=C[C@H]([C@H]5C[C@H]45)[C@@H]3C2=O)c1. The summed E-state index contributed by atoms with van der Waals surface area (Å²) in [5.41, 5.74) is 1.61. The second-order valence-electron chi connectivity index (χ2n) is 8.68. The van der Waals surface area contributed by atoms with Crippen LogP contribution in [0, 0.1) is 39.1 Å². The van der Waals surface area contributed by atoms with Gasteiger partial charge in [0.15, 0.2) is 0 Å². The minimum absolute atomic E-state index is 0.107. The zero-order valence-corrected chi connectivity index (χ0v) is 18.2. The zero-order valence-electron chi connectivity index (χ0n) is 16.0. The van der Waals surface area contributed by atoms with Gasteiger partial charge in [-0.05, 0) is 95.1 Å². The number of rotatable bonds is 3.